The SMILES string of the molecule is CC(C)CCOc1ccc(N(C)S(C)(=O)=O)cc1. The van der Waals surface area contributed by atoms with Crippen molar-refractivity contribution in [2.24, 2.45) is 5.92 Å². The molecule has 1 rings (SSSR count). The molecule has 0 unspecified atom stereocenters. The fourth-order valence-electron chi connectivity index (χ4n) is 1.36. The van der Waals surface area contributed by atoms with Gasteiger partial charge in [0.15, 0.2) is 0 Å². The molecule has 0 bridgehead atoms. The molecule has 0 spiro atoms. The van der Waals surface area contributed by atoms with E-state index >= 15 is 0 Å². The maximum atomic E-state index is 11.4. The molecule has 4 nitrogen and oxygen atoms in total. The maximum Gasteiger partial charge on any atom is 0.231 e. The zero-order chi connectivity index (χ0) is 13.8. The van der Waals surface area contributed by atoms with Crippen LogP contribution in [0.5, 0.6) is 5.75 Å². The first kappa shape index (κ1) is 14.8. The number of rotatable bonds is 6. The molecule has 0 radical (unpaired) electrons. The van der Waals surface area contributed by atoms with E-state index in [0.29, 0.717) is 18.2 Å². The van der Waals surface area contributed by atoms with Gasteiger partial charge in [-0.3, -0.25) is 4.31 Å². The highest BCUT2D eigenvalue weighted by Crippen LogP contribution is 2.20. The van der Waals surface area contributed by atoms with Gasteiger partial charge in [0.25, 0.3) is 0 Å². The molecule has 1 aromatic carbocycles. The minimum Gasteiger partial charge on any atom is -0.494 e. The number of hydrogen-bond donors (Lipinski definition) is 0. The van der Waals surface area contributed by atoms with Crippen LogP contribution in [0.4, 0.5) is 5.69 Å². The molecule has 102 valence electrons. The van der Waals surface area contributed by atoms with Gasteiger partial charge in [-0.25, -0.2) is 8.42 Å². The Morgan fingerprint density at radius 3 is 2.22 bits per heavy atom. The van der Waals surface area contributed by atoms with E-state index in [9.17, 15) is 8.42 Å². The van der Waals surface area contributed by atoms with Crippen LogP contribution in [0.2, 0.25) is 0 Å². The Bertz CT molecular complexity index is 466. The summed E-state index contributed by atoms with van der Waals surface area (Å²) in [4.78, 5) is 0. The first-order valence-corrected chi connectivity index (χ1v) is 7.82. The molecule has 0 amide bonds. The number of nitrogens with zero attached hydrogens (tertiary/aromatic N) is 1. The average Bonchev–Trinajstić information content (AvgIpc) is 2.27. The minimum atomic E-state index is -3.20. The van der Waals surface area contributed by atoms with E-state index < -0.39 is 10.0 Å². The second-order valence-corrected chi connectivity index (χ2v) is 6.77. The standard InChI is InChI=1S/C13H21NO3S/c1-11(2)9-10-17-13-7-5-12(6-8-13)14(3)18(4,15)16/h5-8,11H,9-10H2,1-4H3. The Kier molecular flexibility index (Phi) is 5.02. The van der Waals surface area contributed by atoms with E-state index in [0.717, 1.165) is 12.2 Å². The number of sulfonamides is 1. The lowest BCUT2D eigenvalue weighted by atomic mass is 10.1. The van der Waals surface area contributed by atoms with Crippen LogP contribution in [0.25, 0.3) is 0 Å². The molecule has 0 aliphatic rings. The summed E-state index contributed by atoms with van der Waals surface area (Å²) in [7, 11) is -1.67. The highest BCUT2D eigenvalue weighted by molar-refractivity contribution is 7.92. The van der Waals surface area contributed by atoms with E-state index in [1.165, 1.54) is 17.6 Å². The Labute approximate surface area is 110 Å². The Morgan fingerprint density at radius 2 is 1.78 bits per heavy atom. The third-order valence-corrected chi connectivity index (χ3v) is 3.87. The van der Waals surface area contributed by atoms with Gasteiger partial charge in [0.1, 0.15) is 5.75 Å². The van der Waals surface area contributed by atoms with Gasteiger partial charge in [0, 0.05) is 7.05 Å². The number of hydrogen-bond acceptors (Lipinski definition) is 3. The van der Waals surface area contributed by atoms with Gasteiger partial charge in [-0.2, -0.15) is 0 Å². The van der Waals surface area contributed by atoms with Gasteiger partial charge >= 0.3 is 0 Å². The molecule has 0 fully saturated rings. The van der Waals surface area contributed by atoms with Crippen LogP contribution in [0.1, 0.15) is 20.3 Å². The van der Waals surface area contributed by atoms with Crippen LogP contribution < -0.4 is 9.04 Å². The van der Waals surface area contributed by atoms with Crippen molar-refractivity contribution in [3.8, 4) is 5.75 Å². The van der Waals surface area contributed by atoms with Crippen molar-refractivity contribution in [2.75, 3.05) is 24.2 Å². The lowest BCUT2D eigenvalue weighted by molar-refractivity contribution is 0.289. The third-order valence-electron chi connectivity index (χ3n) is 2.66. The Hall–Kier alpha value is -1.23. The second-order valence-electron chi connectivity index (χ2n) is 4.76. The predicted octanol–water partition coefficient (Wildman–Crippen LogP) is 2.51. The highest BCUT2D eigenvalue weighted by Gasteiger charge is 2.11. The van der Waals surface area contributed by atoms with Crippen LogP contribution >= 0.6 is 0 Å². The van der Waals surface area contributed by atoms with Crippen LogP contribution in [0, 0.1) is 5.92 Å². The molecule has 0 atom stereocenters. The molecule has 5 heteroatoms. The van der Waals surface area contributed by atoms with E-state index in [2.05, 4.69) is 13.8 Å². The second kappa shape index (κ2) is 6.09. The third kappa shape index (κ3) is 4.56. The molecule has 0 heterocycles. The number of ether oxygens (including phenoxy) is 1. The maximum absolute atomic E-state index is 11.4. The van der Waals surface area contributed by atoms with E-state index in [1.54, 1.807) is 24.3 Å². The monoisotopic (exact) mass is 271 g/mol. The van der Waals surface area contributed by atoms with Gasteiger partial charge in [-0.05, 0) is 36.6 Å². The first-order chi connectivity index (χ1) is 8.30. The summed E-state index contributed by atoms with van der Waals surface area (Å²) in [5, 5.41) is 0. The van der Waals surface area contributed by atoms with Crippen molar-refractivity contribution in [1.82, 2.24) is 0 Å². The van der Waals surface area contributed by atoms with Gasteiger partial charge in [-0.15, -0.1) is 0 Å². The fourth-order valence-corrected chi connectivity index (χ4v) is 1.86. The zero-order valence-electron chi connectivity index (χ0n) is 11.4. The molecule has 18 heavy (non-hydrogen) atoms. The van der Waals surface area contributed by atoms with Gasteiger partial charge in [0.05, 0.1) is 18.6 Å². The van der Waals surface area contributed by atoms with Gasteiger partial charge in [0.2, 0.25) is 10.0 Å². The summed E-state index contributed by atoms with van der Waals surface area (Å²) in [5.74, 6) is 1.38. The van der Waals surface area contributed by atoms with Crippen LogP contribution in [0.15, 0.2) is 24.3 Å². The molecule has 0 aromatic heterocycles. The lowest BCUT2D eigenvalue weighted by Gasteiger charge is -2.17. The lowest BCUT2D eigenvalue weighted by Crippen LogP contribution is -2.24. The topological polar surface area (TPSA) is 46.6 Å². The summed E-state index contributed by atoms with van der Waals surface area (Å²) >= 11 is 0. The van der Waals surface area contributed by atoms with Crippen molar-refractivity contribution in [2.45, 2.75) is 20.3 Å². The quantitative estimate of drug-likeness (QED) is 0.798. The summed E-state index contributed by atoms with van der Waals surface area (Å²) in [6.07, 6.45) is 2.19. The summed E-state index contributed by atoms with van der Waals surface area (Å²) in [6, 6.07) is 7.06. The molecule has 0 aliphatic heterocycles. The molecule has 0 saturated carbocycles. The first-order valence-electron chi connectivity index (χ1n) is 5.97. The van der Waals surface area contributed by atoms with Gasteiger partial charge in [-0.1, -0.05) is 13.8 Å². The average molecular weight is 271 g/mol. The largest absolute Gasteiger partial charge is 0.494 e. The zero-order valence-corrected chi connectivity index (χ0v) is 12.2. The predicted molar refractivity (Wildman–Crippen MR) is 74.6 cm³/mol. The van der Waals surface area contributed by atoms with E-state index in [1.807, 2.05) is 0 Å². The molecule has 1 aromatic rings. The molecule has 0 aliphatic carbocycles. The highest BCUT2D eigenvalue weighted by atomic mass is 32.2. The van der Waals surface area contributed by atoms with Crippen LogP contribution in [-0.2, 0) is 10.0 Å². The molecule has 0 saturated heterocycles. The Balaban J connectivity index is 2.63. The van der Waals surface area contributed by atoms with E-state index in [-0.39, 0.29) is 0 Å². The van der Waals surface area contributed by atoms with Crippen LogP contribution in [-0.4, -0.2) is 28.3 Å². The van der Waals surface area contributed by atoms with Crippen molar-refractivity contribution in [3.63, 3.8) is 0 Å². The van der Waals surface area contributed by atoms with Crippen LogP contribution in [0.3, 0.4) is 0 Å². The van der Waals surface area contributed by atoms with Crippen molar-refractivity contribution in [1.29, 1.82) is 0 Å². The Morgan fingerprint density at radius 1 is 1.22 bits per heavy atom. The van der Waals surface area contributed by atoms with Crippen molar-refractivity contribution in [3.05, 3.63) is 24.3 Å². The van der Waals surface area contributed by atoms with Crippen molar-refractivity contribution < 1.29 is 13.2 Å². The summed E-state index contributed by atoms with van der Waals surface area (Å²) in [5.41, 5.74) is 0.633. The number of benzene rings is 1. The van der Waals surface area contributed by atoms with Gasteiger partial charge < -0.3 is 4.74 Å². The van der Waals surface area contributed by atoms with E-state index in [4.69, 9.17) is 4.74 Å². The normalized spacial score (nSPS) is 11.6. The minimum absolute atomic E-state index is 0.612. The summed E-state index contributed by atoms with van der Waals surface area (Å²) < 4.78 is 29.5. The van der Waals surface area contributed by atoms with Crippen molar-refractivity contribution >= 4 is 15.7 Å². The summed E-state index contributed by atoms with van der Waals surface area (Å²) in [6.45, 7) is 4.97. The fraction of sp³-hybridized carbons (Fsp3) is 0.538. The molecular formula is C13H21NO3S. The smallest absolute Gasteiger partial charge is 0.231 e. The molecular weight excluding hydrogens is 250 g/mol. The number of anilines is 1. The molecule has 0 N–H and O–H groups in total.